The van der Waals surface area contributed by atoms with Crippen LogP contribution < -0.4 is 15.4 Å². The number of halogens is 1. The molecule has 0 fully saturated rings. The molecule has 1 N–H and O–H groups in total. The fraction of sp³-hybridized carbons (Fsp3) is 0.318. The van der Waals surface area contributed by atoms with E-state index in [1.165, 1.54) is 12.1 Å². The van der Waals surface area contributed by atoms with Gasteiger partial charge in [0.2, 0.25) is 5.56 Å². The second-order valence-electron chi connectivity index (χ2n) is 7.21. The molecule has 4 nitrogen and oxygen atoms in total. The molecular weight excluding hydrogens is 341 g/mol. The largest absolute Gasteiger partial charge is 0.373 e. The van der Waals surface area contributed by atoms with Crippen LogP contribution in [0.5, 0.6) is 0 Å². The molecule has 2 aromatic carbocycles. The number of aromatic nitrogens is 1. The highest BCUT2D eigenvalue weighted by Gasteiger charge is 2.20. The van der Waals surface area contributed by atoms with Gasteiger partial charge in [-0.25, -0.2) is 4.39 Å². The monoisotopic (exact) mass is 365 g/mol. The topological polar surface area (TPSA) is 39.3 Å². The zero-order valence-corrected chi connectivity index (χ0v) is 15.8. The number of hydrogen-bond acceptors (Lipinski definition) is 3. The summed E-state index contributed by atoms with van der Waals surface area (Å²) in [5.74, 6) is -0.304. The molecule has 0 saturated heterocycles. The Kier molecular flexibility index (Phi) is 4.60. The SMILES string of the molecule is CCCN1CCCN(C)c2cc3c(-c4cccc(F)c4)cc(=O)[nH]c3cc21. The molecule has 140 valence electrons. The van der Waals surface area contributed by atoms with Crippen LogP contribution in [0, 0.1) is 5.82 Å². The second-order valence-corrected chi connectivity index (χ2v) is 7.21. The first kappa shape index (κ1) is 17.6. The van der Waals surface area contributed by atoms with Crippen molar-refractivity contribution >= 4 is 22.3 Å². The molecule has 0 radical (unpaired) electrons. The molecule has 0 saturated carbocycles. The number of benzene rings is 2. The second kappa shape index (κ2) is 7.06. The van der Waals surface area contributed by atoms with Crippen LogP contribution in [0.25, 0.3) is 22.0 Å². The molecule has 0 spiro atoms. The lowest BCUT2D eigenvalue weighted by atomic mass is 9.99. The molecule has 0 atom stereocenters. The molecule has 1 aromatic heterocycles. The highest BCUT2D eigenvalue weighted by molar-refractivity contribution is 5.99. The first-order chi connectivity index (χ1) is 13.1. The van der Waals surface area contributed by atoms with E-state index in [2.05, 4.69) is 40.9 Å². The van der Waals surface area contributed by atoms with E-state index in [0.717, 1.165) is 60.3 Å². The fourth-order valence-corrected chi connectivity index (χ4v) is 3.98. The molecule has 2 heterocycles. The Bertz CT molecular complexity index is 1040. The maximum atomic E-state index is 13.8. The first-order valence-corrected chi connectivity index (χ1v) is 9.50. The minimum Gasteiger partial charge on any atom is -0.373 e. The fourth-order valence-electron chi connectivity index (χ4n) is 3.98. The summed E-state index contributed by atoms with van der Waals surface area (Å²) >= 11 is 0. The summed E-state index contributed by atoms with van der Waals surface area (Å²) in [6, 6.07) is 12.2. The standard InChI is InChI=1S/C22H24FN3O/c1-3-8-26-10-5-9-25(2)20-12-18-17(15-6-4-7-16(23)11-15)13-22(27)24-19(18)14-21(20)26/h4,6-7,11-14H,3,5,8-10H2,1-2H3,(H,24,27). The Morgan fingerprint density at radius 3 is 2.74 bits per heavy atom. The van der Waals surface area contributed by atoms with Gasteiger partial charge in [-0.3, -0.25) is 4.79 Å². The highest BCUT2D eigenvalue weighted by atomic mass is 19.1. The number of hydrogen-bond donors (Lipinski definition) is 1. The maximum Gasteiger partial charge on any atom is 0.249 e. The van der Waals surface area contributed by atoms with Gasteiger partial charge in [0.25, 0.3) is 0 Å². The number of fused-ring (bicyclic) bond motifs is 2. The summed E-state index contributed by atoms with van der Waals surface area (Å²) in [6.07, 6.45) is 2.16. The number of rotatable bonds is 3. The molecule has 0 amide bonds. The van der Waals surface area contributed by atoms with Crippen molar-refractivity contribution in [1.82, 2.24) is 4.98 Å². The summed E-state index contributed by atoms with van der Waals surface area (Å²) in [6.45, 7) is 5.15. The van der Waals surface area contributed by atoms with E-state index >= 15 is 0 Å². The maximum absolute atomic E-state index is 13.8. The predicted molar refractivity (Wildman–Crippen MR) is 110 cm³/mol. The van der Waals surface area contributed by atoms with Gasteiger partial charge in [0.15, 0.2) is 0 Å². The molecule has 1 aliphatic rings. The van der Waals surface area contributed by atoms with Crippen LogP contribution in [-0.4, -0.2) is 31.7 Å². The van der Waals surface area contributed by atoms with Crippen molar-refractivity contribution in [2.24, 2.45) is 0 Å². The van der Waals surface area contributed by atoms with Crippen molar-refractivity contribution in [2.45, 2.75) is 19.8 Å². The number of pyridine rings is 1. The molecule has 4 rings (SSSR count). The minimum absolute atomic E-state index is 0.175. The molecule has 0 unspecified atom stereocenters. The van der Waals surface area contributed by atoms with Crippen molar-refractivity contribution in [2.75, 3.05) is 36.5 Å². The lowest BCUT2D eigenvalue weighted by Crippen LogP contribution is -2.24. The van der Waals surface area contributed by atoms with E-state index in [4.69, 9.17) is 0 Å². The van der Waals surface area contributed by atoms with Crippen molar-refractivity contribution in [3.63, 3.8) is 0 Å². The van der Waals surface area contributed by atoms with Crippen LogP contribution in [0.15, 0.2) is 47.3 Å². The van der Waals surface area contributed by atoms with Crippen molar-refractivity contribution in [3.05, 3.63) is 58.6 Å². The predicted octanol–water partition coefficient (Wildman–Crippen LogP) is 4.39. The van der Waals surface area contributed by atoms with Crippen molar-refractivity contribution in [3.8, 4) is 11.1 Å². The number of nitrogens with one attached hydrogen (secondary N) is 1. The minimum atomic E-state index is -0.304. The normalized spacial score (nSPS) is 14.3. The van der Waals surface area contributed by atoms with E-state index in [1.807, 2.05) is 6.07 Å². The molecule has 5 heteroatoms. The van der Waals surface area contributed by atoms with Gasteiger partial charge in [-0.1, -0.05) is 19.1 Å². The number of nitrogens with zero attached hydrogens (tertiary/aromatic N) is 2. The molecular formula is C22H24FN3O. The summed E-state index contributed by atoms with van der Waals surface area (Å²) in [7, 11) is 2.10. The molecule has 27 heavy (non-hydrogen) atoms. The average molecular weight is 365 g/mol. The zero-order chi connectivity index (χ0) is 19.0. The van der Waals surface area contributed by atoms with E-state index in [1.54, 1.807) is 12.1 Å². The lowest BCUT2D eigenvalue weighted by molar-refractivity contribution is 0.628. The van der Waals surface area contributed by atoms with Gasteiger partial charge < -0.3 is 14.8 Å². The Morgan fingerprint density at radius 2 is 1.96 bits per heavy atom. The van der Waals surface area contributed by atoms with E-state index in [0.29, 0.717) is 5.56 Å². The Hall–Kier alpha value is -2.82. The number of anilines is 2. The third-order valence-corrected chi connectivity index (χ3v) is 5.24. The van der Waals surface area contributed by atoms with Crippen LogP contribution >= 0.6 is 0 Å². The Morgan fingerprint density at radius 1 is 1.11 bits per heavy atom. The zero-order valence-electron chi connectivity index (χ0n) is 15.8. The van der Waals surface area contributed by atoms with Gasteiger partial charge in [0.1, 0.15) is 5.82 Å². The van der Waals surface area contributed by atoms with Crippen molar-refractivity contribution in [1.29, 1.82) is 0 Å². The Balaban J connectivity index is 1.99. The van der Waals surface area contributed by atoms with Crippen LogP contribution in [-0.2, 0) is 0 Å². The van der Waals surface area contributed by atoms with Gasteiger partial charge in [0.05, 0.1) is 16.9 Å². The van der Waals surface area contributed by atoms with Gasteiger partial charge >= 0.3 is 0 Å². The van der Waals surface area contributed by atoms with Gasteiger partial charge in [-0.15, -0.1) is 0 Å². The van der Waals surface area contributed by atoms with Crippen LogP contribution in [0.4, 0.5) is 15.8 Å². The van der Waals surface area contributed by atoms with E-state index < -0.39 is 0 Å². The van der Waals surface area contributed by atoms with Crippen LogP contribution in [0.3, 0.4) is 0 Å². The Labute approximate surface area is 158 Å². The summed E-state index contributed by atoms with van der Waals surface area (Å²) in [5.41, 5.74) is 4.39. The van der Waals surface area contributed by atoms with Crippen molar-refractivity contribution < 1.29 is 4.39 Å². The van der Waals surface area contributed by atoms with Gasteiger partial charge in [-0.2, -0.15) is 0 Å². The van der Waals surface area contributed by atoms with E-state index in [9.17, 15) is 9.18 Å². The summed E-state index contributed by atoms with van der Waals surface area (Å²) in [4.78, 5) is 19.9. The van der Waals surface area contributed by atoms with E-state index in [-0.39, 0.29) is 11.4 Å². The van der Waals surface area contributed by atoms with Gasteiger partial charge in [-0.05, 0) is 48.2 Å². The quantitative estimate of drug-likeness (QED) is 0.748. The van der Waals surface area contributed by atoms with Gasteiger partial charge in [0, 0.05) is 38.1 Å². The third kappa shape index (κ3) is 3.29. The number of aromatic amines is 1. The smallest absolute Gasteiger partial charge is 0.249 e. The third-order valence-electron chi connectivity index (χ3n) is 5.24. The molecule has 3 aromatic rings. The lowest BCUT2D eigenvalue weighted by Gasteiger charge is -2.26. The van der Waals surface area contributed by atoms with Crippen LogP contribution in [0.1, 0.15) is 19.8 Å². The summed E-state index contributed by atoms with van der Waals surface area (Å²) in [5, 5.41) is 0.934. The first-order valence-electron chi connectivity index (χ1n) is 9.50. The molecule has 1 aliphatic heterocycles. The van der Waals surface area contributed by atoms with Crippen LogP contribution in [0.2, 0.25) is 0 Å². The molecule has 0 aliphatic carbocycles. The molecule has 0 bridgehead atoms. The number of H-pyrrole nitrogens is 1. The summed E-state index contributed by atoms with van der Waals surface area (Å²) < 4.78 is 13.8. The highest BCUT2D eigenvalue weighted by Crippen LogP contribution is 2.38. The average Bonchev–Trinajstić information content (AvgIpc) is 2.79.